The maximum Gasteiger partial charge on any atom is 0.252 e. The molecule has 0 unspecified atom stereocenters. The lowest BCUT2D eigenvalue weighted by molar-refractivity contribution is -0.122. The molecule has 0 radical (unpaired) electrons. The number of aryl methyl sites for hydroxylation is 1. The van der Waals surface area contributed by atoms with Crippen molar-refractivity contribution >= 4 is 28.4 Å². The van der Waals surface area contributed by atoms with Crippen LogP contribution in [0.3, 0.4) is 0 Å². The molecule has 2 amide bonds. The summed E-state index contributed by atoms with van der Waals surface area (Å²) in [4.78, 5) is 30.2. The van der Waals surface area contributed by atoms with Gasteiger partial charge in [-0.2, -0.15) is 0 Å². The van der Waals surface area contributed by atoms with Crippen LogP contribution in [0, 0.1) is 12.8 Å². The van der Waals surface area contributed by atoms with Crippen LogP contribution in [0.4, 0.5) is 5.69 Å². The van der Waals surface area contributed by atoms with Gasteiger partial charge in [0, 0.05) is 40.9 Å². The van der Waals surface area contributed by atoms with Crippen LogP contribution in [0.25, 0.3) is 10.9 Å². The van der Waals surface area contributed by atoms with Gasteiger partial charge < -0.3 is 20.1 Å². The molecule has 0 spiro atoms. The van der Waals surface area contributed by atoms with E-state index in [1.54, 1.807) is 26.4 Å². The molecule has 4 rings (SSSR count). The summed E-state index contributed by atoms with van der Waals surface area (Å²) in [6.45, 7) is 2.18. The van der Waals surface area contributed by atoms with Gasteiger partial charge in [0.1, 0.15) is 11.5 Å². The van der Waals surface area contributed by atoms with Gasteiger partial charge in [-0.15, -0.1) is 0 Å². The Hall–Kier alpha value is -3.61. The fourth-order valence-electron chi connectivity index (χ4n) is 3.78. The molecule has 2 aromatic carbocycles. The molecule has 7 nitrogen and oxygen atoms in total. The summed E-state index contributed by atoms with van der Waals surface area (Å²) in [5.74, 6) is 1.11. The van der Waals surface area contributed by atoms with E-state index in [4.69, 9.17) is 9.47 Å². The number of hydrogen-bond acceptors (Lipinski definition) is 5. The number of hydrogen-bond donors (Lipinski definition) is 2. The Bertz CT molecular complexity index is 1170. The van der Waals surface area contributed by atoms with Gasteiger partial charge >= 0.3 is 0 Å². The second kappa shape index (κ2) is 9.26. The average molecular weight is 434 g/mol. The molecule has 1 aliphatic rings. The summed E-state index contributed by atoms with van der Waals surface area (Å²) in [7, 11) is 3.17. The normalized spacial score (nSPS) is 13.3. The maximum absolute atomic E-state index is 13.2. The van der Waals surface area contributed by atoms with E-state index in [0.29, 0.717) is 28.3 Å². The number of nitrogens with one attached hydrogen (secondary N) is 2. The highest BCUT2D eigenvalue weighted by Gasteiger charge is 2.25. The van der Waals surface area contributed by atoms with Crippen molar-refractivity contribution in [1.29, 1.82) is 0 Å². The fourth-order valence-corrected chi connectivity index (χ4v) is 3.78. The van der Waals surface area contributed by atoms with E-state index in [1.165, 1.54) is 0 Å². The molecule has 0 atom stereocenters. The van der Waals surface area contributed by atoms with Crippen molar-refractivity contribution in [2.24, 2.45) is 5.92 Å². The third-order valence-corrected chi connectivity index (χ3v) is 5.87. The van der Waals surface area contributed by atoms with Crippen LogP contribution in [0.5, 0.6) is 11.5 Å². The van der Waals surface area contributed by atoms with Gasteiger partial charge in [-0.25, -0.2) is 0 Å². The first-order valence-electron chi connectivity index (χ1n) is 10.7. The molecule has 1 aromatic heterocycles. The van der Waals surface area contributed by atoms with E-state index < -0.39 is 0 Å². The van der Waals surface area contributed by atoms with E-state index in [9.17, 15) is 9.59 Å². The second-order valence-corrected chi connectivity index (χ2v) is 8.02. The lowest BCUT2D eigenvalue weighted by Gasteiger charge is -2.24. The highest BCUT2D eigenvalue weighted by atomic mass is 16.5. The van der Waals surface area contributed by atoms with Crippen LogP contribution in [-0.2, 0) is 11.3 Å². The number of fused-ring (bicyclic) bond motifs is 1. The molecule has 1 aliphatic carbocycles. The molecule has 2 N–H and O–H groups in total. The highest BCUT2D eigenvalue weighted by Crippen LogP contribution is 2.29. The van der Waals surface area contributed by atoms with Crippen molar-refractivity contribution in [3.05, 3.63) is 59.3 Å². The van der Waals surface area contributed by atoms with Crippen LogP contribution in [-0.4, -0.2) is 31.0 Å². The van der Waals surface area contributed by atoms with Gasteiger partial charge in [0.15, 0.2) is 0 Å². The summed E-state index contributed by atoms with van der Waals surface area (Å²) in [5.41, 5.74) is 3.39. The Morgan fingerprint density at radius 1 is 1.06 bits per heavy atom. The number of carbonyl (C=O) groups excluding carboxylic acids is 2. The van der Waals surface area contributed by atoms with Crippen molar-refractivity contribution in [1.82, 2.24) is 10.3 Å². The van der Waals surface area contributed by atoms with E-state index in [1.807, 2.05) is 37.3 Å². The summed E-state index contributed by atoms with van der Waals surface area (Å²) in [5, 5.41) is 6.66. The maximum atomic E-state index is 13.2. The van der Waals surface area contributed by atoms with Crippen LogP contribution in [0.2, 0.25) is 0 Å². The van der Waals surface area contributed by atoms with Gasteiger partial charge in [0.05, 0.1) is 25.3 Å². The number of nitrogens with zero attached hydrogens (tertiary/aromatic N) is 1. The molecule has 7 heteroatoms. The van der Waals surface area contributed by atoms with Gasteiger partial charge in [-0.05, 0) is 50.1 Å². The number of methoxy groups -OCH3 is 2. The first kappa shape index (κ1) is 21.6. The first-order chi connectivity index (χ1) is 15.5. The quantitative estimate of drug-likeness (QED) is 0.582. The summed E-state index contributed by atoms with van der Waals surface area (Å²) in [6.07, 6.45) is 2.90. The summed E-state index contributed by atoms with van der Waals surface area (Å²) < 4.78 is 10.7. The highest BCUT2D eigenvalue weighted by molar-refractivity contribution is 6.08. The van der Waals surface area contributed by atoms with Gasteiger partial charge in [0.2, 0.25) is 5.91 Å². The zero-order valence-electron chi connectivity index (χ0n) is 18.5. The fraction of sp³-hybridized carbons (Fsp3) is 0.320. The number of pyridine rings is 1. The average Bonchev–Trinajstić information content (AvgIpc) is 2.75. The van der Waals surface area contributed by atoms with Crippen molar-refractivity contribution in [3.8, 4) is 11.5 Å². The van der Waals surface area contributed by atoms with E-state index in [-0.39, 0.29) is 24.3 Å². The number of ether oxygens (including phenoxy) is 2. The number of benzene rings is 2. The lowest BCUT2D eigenvalue weighted by atomic mass is 9.85. The molecule has 1 fully saturated rings. The molecule has 0 aliphatic heterocycles. The molecule has 1 saturated carbocycles. The van der Waals surface area contributed by atoms with Gasteiger partial charge in [0.25, 0.3) is 5.91 Å². The third-order valence-electron chi connectivity index (χ3n) is 5.87. The van der Waals surface area contributed by atoms with Crippen LogP contribution >= 0.6 is 0 Å². The zero-order chi connectivity index (χ0) is 22.7. The van der Waals surface area contributed by atoms with E-state index in [0.717, 1.165) is 35.9 Å². The van der Waals surface area contributed by atoms with Crippen molar-refractivity contribution in [2.75, 3.05) is 19.5 Å². The van der Waals surface area contributed by atoms with E-state index in [2.05, 4.69) is 15.6 Å². The van der Waals surface area contributed by atoms with Crippen molar-refractivity contribution in [2.45, 2.75) is 32.7 Å². The van der Waals surface area contributed by atoms with E-state index >= 15 is 0 Å². The van der Waals surface area contributed by atoms with Crippen molar-refractivity contribution in [3.63, 3.8) is 0 Å². The Balaban J connectivity index is 1.60. The summed E-state index contributed by atoms with van der Waals surface area (Å²) in [6, 6.07) is 12.8. The minimum atomic E-state index is -0.252. The van der Waals surface area contributed by atoms with Gasteiger partial charge in [-0.1, -0.05) is 12.5 Å². The molecule has 166 valence electrons. The number of aromatic nitrogens is 1. The van der Waals surface area contributed by atoms with Crippen LogP contribution in [0.15, 0.2) is 42.5 Å². The molecular formula is C25H27N3O4. The molecule has 3 aromatic rings. The summed E-state index contributed by atoms with van der Waals surface area (Å²) >= 11 is 0. The Kier molecular flexibility index (Phi) is 6.25. The van der Waals surface area contributed by atoms with Gasteiger partial charge in [-0.3, -0.25) is 14.6 Å². The molecule has 0 bridgehead atoms. The predicted molar refractivity (Wildman–Crippen MR) is 123 cm³/mol. The first-order valence-corrected chi connectivity index (χ1v) is 10.7. The topological polar surface area (TPSA) is 89.6 Å². The van der Waals surface area contributed by atoms with Crippen LogP contribution < -0.4 is 20.1 Å². The standard InChI is InChI=1S/C25H27N3O4/c1-15-7-10-20-21(11-18(12-22(20)27-15)28-24(29)16-5-4-6-16)25(30)26-14-17-8-9-19(31-2)13-23(17)32-3/h7-13,16H,4-6,14H2,1-3H3,(H,26,30)(H,28,29). The SMILES string of the molecule is COc1ccc(CNC(=O)c2cc(NC(=O)C3CCC3)cc3nc(C)ccc23)c(OC)c1. The monoisotopic (exact) mass is 433 g/mol. The zero-order valence-corrected chi connectivity index (χ0v) is 18.5. The smallest absolute Gasteiger partial charge is 0.252 e. The minimum Gasteiger partial charge on any atom is -0.497 e. The molecule has 1 heterocycles. The Labute approximate surface area is 187 Å². The number of amides is 2. The third kappa shape index (κ3) is 4.51. The molecule has 0 saturated heterocycles. The molecular weight excluding hydrogens is 406 g/mol. The number of carbonyl (C=O) groups is 2. The second-order valence-electron chi connectivity index (χ2n) is 8.02. The van der Waals surface area contributed by atoms with Crippen molar-refractivity contribution < 1.29 is 19.1 Å². The lowest BCUT2D eigenvalue weighted by Crippen LogP contribution is -2.28. The largest absolute Gasteiger partial charge is 0.497 e. The Morgan fingerprint density at radius 3 is 2.56 bits per heavy atom. The van der Waals surface area contributed by atoms with Crippen LogP contribution in [0.1, 0.15) is 40.9 Å². The molecule has 32 heavy (non-hydrogen) atoms. The Morgan fingerprint density at radius 2 is 1.88 bits per heavy atom. The number of anilines is 1. The number of rotatable bonds is 7. The predicted octanol–water partition coefficient (Wildman–Crippen LogP) is 4.23. The minimum absolute atomic E-state index is 0.00224.